The third kappa shape index (κ3) is 5.60. The number of benzene rings is 8. The summed E-state index contributed by atoms with van der Waals surface area (Å²) in [6.07, 6.45) is 9.10. The van der Waals surface area contributed by atoms with E-state index in [0.717, 1.165) is 43.6 Å². The lowest BCUT2D eigenvalue weighted by atomic mass is 9.90. The number of allylic oxidation sites excluding steroid dienone is 2. The van der Waals surface area contributed by atoms with Crippen molar-refractivity contribution >= 4 is 65.5 Å². The van der Waals surface area contributed by atoms with Gasteiger partial charge in [-0.25, -0.2) is 9.97 Å². The van der Waals surface area contributed by atoms with Gasteiger partial charge < -0.3 is 4.90 Å². The number of rotatable bonds is 6. The Labute approximate surface area is 369 Å². The summed E-state index contributed by atoms with van der Waals surface area (Å²) in [6, 6.07) is 70.2. The summed E-state index contributed by atoms with van der Waals surface area (Å²) in [6.45, 7) is 0. The van der Waals surface area contributed by atoms with Crippen LogP contribution in [0, 0.1) is 0 Å². The van der Waals surface area contributed by atoms with E-state index in [4.69, 9.17) is 9.97 Å². The molecular weight excluding hydrogens is 785 g/mol. The molecule has 63 heavy (non-hydrogen) atoms. The summed E-state index contributed by atoms with van der Waals surface area (Å²) in [5, 5.41) is 4.77. The van der Waals surface area contributed by atoms with Crippen molar-refractivity contribution in [2.24, 2.45) is 0 Å². The number of hydrogen-bond acceptors (Lipinski definition) is 4. The van der Waals surface area contributed by atoms with Crippen LogP contribution in [-0.4, -0.2) is 20.6 Å². The van der Waals surface area contributed by atoms with Crippen molar-refractivity contribution in [2.45, 2.75) is 12.0 Å². The largest absolute Gasteiger partial charge is 0.333 e. The molecule has 8 aromatic carbocycles. The Balaban J connectivity index is 1.10. The van der Waals surface area contributed by atoms with E-state index >= 15 is 0 Å². The van der Waals surface area contributed by atoms with Gasteiger partial charge in [-0.3, -0.25) is 4.57 Å². The summed E-state index contributed by atoms with van der Waals surface area (Å²) in [5.74, 6) is 0.920. The highest BCUT2D eigenvalue weighted by Gasteiger charge is 2.39. The number of thiophene rings is 1. The molecule has 4 nitrogen and oxygen atoms in total. The average Bonchev–Trinajstić information content (AvgIpc) is 4.03. The van der Waals surface area contributed by atoms with Gasteiger partial charge >= 0.3 is 0 Å². The minimum atomic E-state index is 0.203. The lowest BCUT2D eigenvalue weighted by Gasteiger charge is -2.29. The zero-order valence-corrected chi connectivity index (χ0v) is 35.0. The summed E-state index contributed by atoms with van der Waals surface area (Å²) in [7, 11) is 0. The Hall–Kier alpha value is -7.86. The molecule has 5 heteroatoms. The lowest BCUT2D eigenvalue weighted by molar-refractivity contribution is 0.745. The van der Waals surface area contributed by atoms with E-state index in [1.807, 2.05) is 0 Å². The van der Waals surface area contributed by atoms with Crippen LogP contribution in [0.4, 0.5) is 11.4 Å². The van der Waals surface area contributed by atoms with Gasteiger partial charge in [-0.1, -0.05) is 188 Å². The van der Waals surface area contributed by atoms with Gasteiger partial charge in [-0.05, 0) is 63.4 Å². The first-order valence-corrected chi connectivity index (χ1v) is 22.4. The van der Waals surface area contributed by atoms with Crippen LogP contribution < -0.4 is 4.90 Å². The second-order valence-electron chi connectivity index (χ2n) is 16.4. The van der Waals surface area contributed by atoms with Crippen LogP contribution in [0.2, 0.25) is 0 Å². The monoisotopic (exact) mass is 822 g/mol. The molecule has 296 valence electrons. The predicted molar refractivity (Wildman–Crippen MR) is 264 cm³/mol. The molecule has 0 fully saturated rings. The normalized spacial score (nSPS) is 15.5. The van der Waals surface area contributed by atoms with E-state index < -0.39 is 0 Å². The topological polar surface area (TPSA) is 34.0 Å². The van der Waals surface area contributed by atoms with Crippen LogP contribution in [0.25, 0.3) is 92.7 Å². The Morgan fingerprint density at radius 1 is 0.508 bits per heavy atom. The molecule has 13 rings (SSSR count). The fourth-order valence-corrected chi connectivity index (χ4v) is 11.5. The molecule has 1 aliphatic heterocycles. The molecule has 0 saturated carbocycles. The van der Waals surface area contributed by atoms with E-state index in [1.54, 1.807) is 11.3 Å². The van der Waals surface area contributed by atoms with Crippen molar-refractivity contribution in [1.29, 1.82) is 0 Å². The Morgan fingerprint density at radius 3 is 1.98 bits per heavy atom. The first-order chi connectivity index (χ1) is 31.3. The molecule has 0 spiro atoms. The third-order valence-corrected chi connectivity index (χ3v) is 14.2. The van der Waals surface area contributed by atoms with Crippen molar-refractivity contribution in [3.05, 3.63) is 224 Å². The summed E-state index contributed by atoms with van der Waals surface area (Å²) < 4.78 is 3.37. The molecule has 0 saturated heterocycles. The second kappa shape index (κ2) is 14.4. The maximum atomic E-state index is 5.66. The van der Waals surface area contributed by atoms with Gasteiger partial charge in [-0.2, -0.15) is 0 Å². The van der Waals surface area contributed by atoms with Gasteiger partial charge in [0.25, 0.3) is 0 Å². The predicted octanol–water partition coefficient (Wildman–Crippen LogP) is 15.3. The summed E-state index contributed by atoms with van der Waals surface area (Å²) >= 11 is 1.78. The maximum Gasteiger partial charge on any atom is 0.235 e. The Kier molecular flexibility index (Phi) is 8.18. The smallest absolute Gasteiger partial charge is 0.235 e. The number of fused-ring (bicyclic) bond motifs is 9. The minimum absolute atomic E-state index is 0.203. The van der Waals surface area contributed by atoms with E-state index in [9.17, 15) is 0 Å². The third-order valence-electron chi connectivity index (χ3n) is 12.9. The number of aromatic nitrogens is 3. The van der Waals surface area contributed by atoms with Gasteiger partial charge in [0, 0.05) is 43.9 Å². The minimum Gasteiger partial charge on any atom is -0.333 e. The number of para-hydroxylation sites is 2. The molecule has 0 N–H and O–H groups in total. The van der Waals surface area contributed by atoms with Crippen LogP contribution in [0.3, 0.4) is 0 Å². The molecule has 3 aromatic heterocycles. The molecular formula is C58H38N4S. The Morgan fingerprint density at radius 2 is 1.19 bits per heavy atom. The maximum absolute atomic E-state index is 5.66. The number of anilines is 2. The molecule has 2 aliphatic rings. The standard InChI is InChI=1S/C58H38N4S/c1-5-19-38(20-6-1)51-54-57(63-56(51)40-23-9-3-10-24-40)53(39-21-7-2-8-22-39)59-58(60-54)62-49-34-33-41(36-47(49)52-43-27-14-13-18-37(43)32-35-50(52)62)44-29-17-30-46-45-28-15-16-31-48(45)61(55(44)46)42-25-11-4-12-26-42/h1-36,45,48H. The van der Waals surface area contributed by atoms with Crippen LogP contribution in [0.5, 0.6) is 0 Å². The fourth-order valence-electron chi connectivity index (χ4n) is 10.2. The van der Waals surface area contributed by atoms with Gasteiger partial charge in [0.1, 0.15) is 0 Å². The number of hydrogen-bond donors (Lipinski definition) is 0. The summed E-state index contributed by atoms with van der Waals surface area (Å²) in [5.41, 5.74) is 14.7. The molecule has 0 amide bonds. The zero-order chi connectivity index (χ0) is 41.4. The SMILES string of the molecule is C1=CC2c3cccc(-c4ccc5c(c4)c4c6ccccc6ccc4n5-c4nc(-c5ccccc5)c5sc(-c6ccccc6)c(-c6ccccc6)c5n4)c3N(c3ccccc3)C2C=C1. The van der Waals surface area contributed by atoms with Gasteiger partial charge in [0.15, 0.2) is 0 Å². The molecule has 2 atom stereocenters. The van der Waals surface area contributed by atoms with Gasteiger partial charge in [0.2, 0.25) is 5.95 Å². The zero-order valence-electron chi connectivity index (χ0n) is 34.1. The van der Waals surface area contributed by atoms with Crippen molar-refractivity contribution < 1.29 is 0 Å². The van der Waals surface area contributed by atoms with Crippen LogP contribution in [0.15, 0.2) is 218 Å². The molecule has 11 aromatic rings. The lowest BCUT2D eigenvalue weighted by Crippen LogP contribution is -2.28. The van der Waals surface area contributed by atoms with E-state index in [2.05, 4.69) is 228 Å². The average molecular weight is 823 g/mol. The van der Waals surface area contributed by atoms with E-state index in [1.165, 1.54) is 60.1 Å². The van der Waals surface area contributed by atoms with Crippen molar-refractivity contribution in [2.75, 3.05) is 4.90 Å². The van der Waals surface area contributed by atoms with Crippen LogP contribution in [0.1, 0.15) is 11.5 Å². The van der Waals surface area contributed by atoms with Crippen molar-refractivity contribution in [1.82, 2.24) is 14.5 Å². The molecule has 2 unspecified atom stereocenters. The molecule has 0 radical (unpaired) electrons. The van der Waals surface area contributed by atoms with Gasteiger partial charge in [-0.15, -0.1) is 11.3 Å². The van der Waals surface area contributed by atoms with E-state index in [0.29, 0.717) is 5.95 Å². The molecule has 0 bridgehead atoms. The van der Waals surface area contributed by atoms with Crippen LogP contribution >= 0.6 is 11.3 Å². The van der Waals surface area contributed by atoms with Gasteiger partial charge in [0.05, 0.1) is 38.7 Å². The highest BCUT2D eigenvalue weighted by molar-refractivity contribution is 7.23. The first-order valence-electron chi connectivity index (χ1n) is 21.6. The number of nitrogens with zero attached hydrogens (tertiary/aromatic N) is 4. The second-order valence-corrected chi connectivity index (χ2v) is 17.5. The highest BCUT2D eigenvalue weighted by atomic mass is 32.1. The van der Waals surface area contributed by atoms with Crippen LogP contribution in [-0.2, 0) is 0 Å². The Bertz CT molecular complexity index is 3630. The fraction of sp³-hybridized carbons (Fsp3) is 0.0345. The van der Waals surface area contributed by atoms with E-state index in [-0.39, 0.29) is 12.0 Å². The highest BCUT2D eigenvalue weighted by Crippen LogP contribution is 2.53. The van der Waals surface area contributed by atoms with Crippen molar-refractivity contribution in [3.63, 3.8) is 0 Å². The van der Waals surface area contributed by atoms with Crippen molar-refractivity contribution in [3.8, 4) is 49.9 Å². The molecule has 1 aliphatic carbocycles. The molecule has 4 heterocycles. The summed E-state index contributed by atoms with van der Waals surface area (Å²) in [4.78, 5) is 15.0. The first kappa shape index (κ1) is 35.9. The quantitative estimate of drug-likeness (QED) is 0.168.